The number of carbonyl (C=O) groups is 1. The smallest absolute Gasteiger partial charge is 0.267 e. The topological polar surface area (TPSA) is 111 Å². The van der Waals surface area contributed by atoms with Gasteiger partial charge in [-0.1, -0.05) is 17.7 Å². The average Bonchev–Trinajstić information content (AvgIpc) is 2.64. The van der Waals surface area contributed by atoms with Gasteiger partial charge in [0.05, 0.1) is 4.90 Å². The lowest BCUT2D eigenvalue weighted by molar-refractivity contribution is 0.0995. The fourth-order valence-corrected chi connectivity index (χ4v) is 3.33. The van der Waals surface area contributed by atoms with Gasteiger partial charge in [-0.25, -0.2) is 8.42 Å². The van der Waals surface area contributed by atoms with Gasteiger partial charge in [0.2, 0.25) is 0 Å². The van der Waals surface area contributed by atoms with Crippen LogP contribution in [0.3, 0.4) is 0 Å². The second-order valence-corrected chi connectivity index (χ2v) is 7.47. The summed E-state index contributed by atoms with van der Waals surface area (Å²) in [6, 6.07) is 16.0. The van der Waals surface area contributed by atoms with Gasteiger partial charge in [-0.2, -0.15) is 0 Å². The molecule has 2 aromatic carbocycles. The summed E-state index contributed by atoms with van der Waals surface area (Å²) < 4.78 is 32.9. The Balaban J connectivity index is 1.73. The number of carbonyl (C=O) groups excluding carboxylic acids is 1. The van der Waals surface area contributed by atoms with Crippen molar-refractivity contribution in [3.63, 3.8) is 0 Å². The fourth-order valence-electron chi connectivity index (χ4n) is 2.27. The zero-order chi connectivity index (χ0) is 19.4. The number of nitrogens with one attached hydrogen (secondary N) is 1. The summed E-state index contributed by atoms with van der Waals surface area (Å²) in [6.45, 7) is 1.89. The first-order chi connectivity index (χ1) is 12.8. The van der Waals surface area contributed by atoms with Crippen molar-refractivity contribution >= 4 is 21.6 Å². The highest BCUT2D eigenvalue weighted by Crippen LogP contribution is 2.24. The van der Waals surface area contributed by atoms with Gasteiger partial charge in [-0.05, 0) is 49.4 Å². The number of aryl methyl sites for hydroxylation is 1. The number of aromatic nitrogens is 1. The van der Waals surface area contributed by atoms with E-state index in [0.717, 1.165) is 5.56 Å². The molecule has 0 saturated carbocycles. The Kier molecular flexibility index (Phi) is 5.09. The molecule has 1 heterocycles. The monoisotopic (exact) mass is 383 g/mol. The number of nitrogens with zero attached hydrogens (tertiary/aromatic N) is 1. The minimum atomic E-state index is -3.67. The van der Waals surface area contributed by atoms with Crippen LogP contribution in [0.5, 0.6) is 11.5 Å². The van der Waals surface area contributed by atoms with Crippen molar-refractivity contribution in [1.82, 2.24) is 4.98 Å². The molecule has 0 atom stereocenters. The van der Waals surface area contributed by atoms with E-state index in [1.54, 1.807) is 54.6 Å². The molecule has 0 aliphatic carbocycles. The van der Waals surface area contributed by atoms with Crippen molar-refractivity contribution in [2.45, 2.75) is 11.8 Å². The number of ether oxygens (including phenoxy) is 1. The van der Waals surface area contributed by atoms with Gasteiger partial charge in [0, 0.05) is 18.0 Å². The average molecular weight is 383 g/mol. The Bertz CT molecular complexity index is 1060. The molecule has 0 spiro atoms. The number of pyridine rings is 1. The molecule has 7 nitrogen and oxygen atoms in total. The first-order valence-electron chi connectivity index (χ1n) is 7.97. The van der Waals surface area contributed by atoms with Crippen molar-refractivity contribution in [3.05, 3.63) is 78.1 Å². The van der Waals surface area contributed by atoms with Gasteiger partial charge in [0.25, 0.3) is 15.9 Å². The third-order valence-electron chi connectivity index (χ3n) is 3.66. The van der Waals surface area contributed by atoms with Gasteiger partial charge in [0.1, 0.15) is 17.2 Å². The summed E-state index contributed by atoms with van der Waals surface area (Å²) in [7, 11) is -3.67. The van der Waals surface area contributed by atoms with Gasteiger partial charge in [0.15, 0.2) is 0 Å². The second-order valence-electron chi connectivity index (χ2n) is 5.79. The Morgan fingerprint density at radius 2 is 1.67 bits per heavy atom. The van der Waals surface area contributed by atoms with Crippen molar-refractivity contribution in [3.8, 4) is 11.5 Å². The molecule has 3 rings (SSSR count). The largest absolute Gasteiger partial charge is 0.457 e. The predicted octanol–water partition coefficient (Wildman–Crippen LogP) is 3.08. The molecule has 27 heavy (non-hydrogen) atoms. The van der Waals surface area contributed by atoms with E-state index in [0.29, 0.717) is 17.2 Å². The summed E-state index contributed by atoms with van der Waals surface area (Å²) in [4.78, 5) is 15.2. The van der Waals surface area contributed by atoms with Crippen molar-refractivity contribution < 1.29 is 17.9 Å². The molecule has 3 aromatic rings. The number of rotatable bonds is 6. The molecule has 0 unspecified atom stereocenters. The summed E-state index contributed by atoms with van der Waals surface area (Å²) in [5, 5.41) is 0. The van der Waals surface area contributed by atoms with E-state index in [4.69, 9.17) is 10.5 Å². The lowest BCUT2D eigenvalue weighted by Gasteiger charge is -2.10. The highest BCUT2D eigenvalue weighted by molar-refractivity contribution is 7.92. The van der Waals surface area contributed by atoms with Gasteiger partial charge >= 0.3 is 0 Å². The van der Waals surface area contributed by atoms with E-state index >= 15 is 0 Å². The maximum absolute atomic E-state index is 12.4. The Morgan fingerprint density at radius 3 is 2.30 bits per heavy atom. The molecule has 138 valence electrons. The van der Waals surface area contributed by atoms with Gasteiger partial charge < -0.3 is 10.5 Å². The Labute approximate surface area is 156 Å². The van der Waals surface area contributed by atoms with Gasteiger partial charge in [-0.15, -0.1) is 0 Å². The van der Waals surface area contributed by atoms with Crippen molar-refractivity contribution in [2.75, 3.05) is 4.72 Å². The van der Waals surface area contributed by atoms with Crippen LogP contribution >= 0.6 is 0 Å². The number of sulfonamides is 1. The molecular formula is C19H17N3O4S. The van der Waals surface area contributed by atoms with E-state index in [2.05, 4.69) is 9.71 Å². The lowest BCUT2D eigenvalue weighted by Crippen LogP contribution is -2.13. The maximum atomic E-state index is 12.4. The highest BCUT2D eigenvalue weighted by Gasteiger charge is 2.14. The predicted molar refractivity (Wildman–Crippen MR) is 101 cm³/mol. The molecule has 0 radical (unpaired) electrons. The maximum Gasteiger partial charge on any atom is 0.267 e. The van der Waals surface area contributed by atoms with Crippen molar-refractivity contribution in [2.24, 2.45) is 5.73 Å². The standard InChI is InChI=1S/C19H17N3O4S/c1-13-2-8-17(9-3-13)27(24,25)22-14-4-6-15(7-5-14)26-16-10-11-21-18(12-16)19(20)23/h2-12,22H,1H3,(H2,20,23). The molecule has 0 saturated heterocycles. The molecular weight excluding hydrogens is 366 g/mol. The Morgan fingerprint density at radius 1 is 1.00 bits per heavy atom. The third kappa shape index (κ3) is 4.62. The van der Waals surface area contributed by atoms with Crippen LogP contribution in [0.1, 0.15) is 16.1 Å². The first kappa shape index (κ1) is 18.4. The van der Waals surface area contributed by atoms with Crippen LogP contribution in [0, 0.1) is 6.92 Å². The fraction of sp³-hybridized carbons (Fsp3) is 0.0526. The van der Waals surface area contributed by atoms with Crippen LogP contribution < -0.4 is 15.2 Å². The number of amides is 1. The number of hydrogen-bond donors (Lipinski definition) is 2. The molecule has 3 N–H and O–H groups in total. The molecule has 1 aromatic heterocycles. The van der Waals surface area contributed by atoms with Crippen LogP contribution in [-0.4, -0.2) is 19.3 Å². The van der Waals surface area contributed by atoms with E-state index in [1.807, 2.05) is 6.92 Å². The van der Waals surface area contributed by atoms with Crippen molar-refractivity contribution in [1.29, 1.82) is 0 Å². The van der Waals surface area contributed by atoms with Crippen LogP contribution in [0.25, 0.3) is 0 Å². The first-order valence-corrected chi connectivity index (χ1v) is 9.45. The number of benzene rings is 2. The third-order valence-corrected chi connectivity index (χ3v) is 5.05. The number of primary amides is 1. The summed E-state index contributed by atoms with van der Waals surface area (Å²) in [5.41, 5.74) is 6.66. The van der Waals surface area contributed by atoms with Gasteiger partial charge in [-0.3, -0.25) is 14.5 Å². The minimum Gasteiger partial charge on any atom is -0.457 e. The van der Waals surface area contributed by atoms with E-state index < -0.39 is 15.9 Å². The number of anilines is 1. The minimum absolute atomic E-state index is 0.0926. The normalized spacial score (nSPS) is 11.0. The van der Waals surface area contributed by atoms with Crippen LogP contribution in [0.4, 0.5) is 5.69 Å². The molecule has 8 heteroatoms. The number of nitrogens with two attached hydrogens (primary N) is 1. The van der Waals surface area contributed by atoms with E-state index in [1.165, 1.54) is 12.3 Å². The molecule has 0 aliphatic rings. The van der Waals surface area contributed by atoms with Crippen LogP contribution in [-0.2, 0) is 10.0 Å². The lowest BCUT2D eigenvalue weighted by atomic mass is 10.2. The SMILES string of the molecule is Cc1ccc(S(=O)(=O)Nc2ccc(Oc3ccnc(C(N)=O)c3)cc2)cc1. The quantitative estimate of drug-likeness (QED) is 0.679. The van der Waals surface area contributed by atoms with E-state index in [9.17, 15) is 13.2 Å². The van der Waals surface area contributed by atoms with Crippen LogP contribution in [0.2, 0.25) is 0 Å². The summed E-state index contributed by atoms with van der Waals surface area (Å²) in [6.07, 6.45) is 1.42. The Hall–Kier alpha value is -3.39. The zero-order valence-electron chi connectivity index (χ0n) is 14.4. The molecule has 1 amide bonds. The molecule has 0 aliphatic heterocycles. The highest BCUT2D eigenvalue weighted by atomic mass is 32.2. The van der Waals surface area contributed by atoms with Crippen LogP contribution in [0.15, 0.2) is 71.8 Å². The molecule has 0 fully saturated rings. The summed E-state index contributed by atoms with van der Waals surface area (Å²) >= 11 is 0. The summed E-state index contributed by atoms with van der Waals surface area (Å²) in [5.74, 6) is 0.211. The number of hydrogen-bond acceptors (Lipinski definition) is 5. The zero-order valence-corrected chi connectivity index (χ0v) is 15.2. The second kappa shape index (κ2) is 7.46. The van der Waals surface area contributed by atoms with E-state index in [-0.39, 0.29) is 10.6 Å². The molecule has 0 bridgehead atoms.